The molecular weight excluding hydrogens is 302 g/mol. The van der Waals surface area contributed by atoms with Crippen LogP contribution in [0.3, 0.4) is 0 Å². The molecule has 0 saturated carbocycles. The first-order valence-corrected chi connectivity index (χ1v) is 9.15. The van der Waals surface area contributed by atoms with E-state index >= 15 is 0 Å². The summed E-state index contributed by atoms with van der Waals surface area (Å²) in [5.41, 5.74) is 0.662. The van der Waals surface area contributed by atoms with Crippen LogP contribution in [0.5, 0.6) is 0 Å². The van der Waals surface area contributed by atoms with E-state index in [4.69, 9.17) is 9.73 Å². The van der Waals surface area contributed by atoms with Crippen LogP contribution in [0.15, 0.2) is 34.2 Å². The van der Waals surface area contributed by atoms with Gasteiger partial charge in [0, 0.05) is 5.56 Å². The molecule has 118 valence electrons. The van der Waals surface area contributed by atoms with Gasteiger partial charge in [-0.2, -0.15) is 0 Å². The number of rotatable bonds is 2. The van der Waals surface area contributed by atoms with E-state index in [1.165, 1.54) is 12.8 Å². The first-order chi connectivity index (χ1) is 10.6. The molecule has 2 saturated heterocycles. The molecule has 0 aliphatic carbocycles. The van der Waals surface area contributed by atoms with Gasteiger partial charge in [-0.3, -0.25) is 14.6 Å². The molecule has 1 aromatic carbocycles. The highest BCUT2D eigenvalue weighted by Gasteiger charge is 2.37. The highest BCUT2D eigenvalue weighted by atomic mass is 32.2. The van der Waals surface area contributed by atoms with Crippen LogP contribution >= 0.6 is 0 Å². The molecule has 3 heterocycles. The number of benzene rings is 1. The van der Waals surface area contributed by atoms with E-state index in [0.717, 1.165) is 13.1 Å². The van der Waals surface area contributed by atoms with Crippen LogP contribution < -0.4 is 4.72 Å². The molecule has 0 unspecified atom stereocenters. The summed E-state index contributed by atoms with van der Waals surface area (Å²) in [6.45, 7) is 3.39. The van der Waals surface area contributed by atoms with Crippen molar-refractivity contribution in [1.82, 2.24) is 9.62 Å². The fourth-order valence-corrected chi connectivity index (χ4v) is 4.71. The van der Waals surface area contributed by atoms with Crippen molar-refractivity contribution in [2.45, 2.75) is 29.8 Å². The zero-order valence-corrected chi connectivity index (χ0v) is 13.1. The average Bonchev–Trinajstić information content (AvgIpc) is 3.20. The number of likely N-dealkylation sites (tertiary alicyclic amines) is 1. The number of amidine groups is 1. The maximum atomic E-state index is 12.1. The second-order valence-corrected chi connectivity index (χ2v) is 7.65. The Kier molecular flexibility index (Phi) is 3.43. The first-order valence-electron chi connectivity index (χ1n) is 7.67. The summed E-state index contributed by atoms with van der Waals surface area (Å²) < 4.78 is 32.5. The van der Waals surface area contributed by atoms with Crippen molar-refractivity contribution in [3.8, 4) is 0 Å². The Morgan fingerprint density at radius 3 is 2.77 bits per heavy atom. The smallest absolute Gasteiger partial charge is 0.263 e. The van der Waals surface area contributed by atoms with Crippen molar-refractivity contribution in [3.63, 3.8) is 0 Å². The van der Waals surface area contributed by atoms with Crippen LogP contribution in [0.1, 0.15) is 18.4 Å². The topological polar surface area (TPSA) is 71.0 Å². The standard InChI is InChI=1S/C15H19N3O3S/c19-22(20)14-6-2-1-5-11(14)15(17-22)16-12-9-21-10-13(12)18-7-3-4-8-18/h1-2,5-6,12-13H,3-4,7-10H2,(H,16,17)/t12-,13-/m0/s1. The zero-order valence-electron chi connectivity index (χ0n) is 12.2. The number of hydrogen-bond acceptors (Lipinski definition) is 5. The van der Waals surface area contributed by atoms with Crippen molar-refractivity contribution < 1.29 is 13.2 Å². The molecule has 1 aromatic rings. The lowest BCUT2D eigenvalue weighted by atomic mass is 10.1. The third kappa shape index (κ3) is 2.33. The number of sulfonamides is 1. The quantitative estimate of drug-likeness (QED) is 0.865. The second kappa shape index (κ2) is 5.33. The average molecular weight is 321 g/mol. The van der Waals surface area contributed by atoms with Gasteiger partial charge in [0.05, 0.1) is 30.2 Å². The summed E-state index contributed by atoms with van der Waals surface area (Å²) in [5.74, 6) is 0.454. The molecule has 7 heteroatoms. The predicted molar refractivity (Wildman–Crippen MR) is 82.5 cm³/mol. The number of nitrogens with one attached hydrogen (secondary N) is 1. The summed E-state index contributed by atoms with van der Waals surface area (Å²) in [7, 11) is -3.47. The van der Waals surface area contributed by atoms with Crippen molar-refractivity contribution in [2.24, 2.45) is 4.99 Å². The molecule has 2 atom stereocenters. The zero-order chi connectivity index (χ0) is 15.2. The van der Waals surface area contributed by atoms with Gasteiger partial charge in [0.2, 0.25) is 0 Å². The monoisotopic (exact) mass is 321 g/mol. The first kappa shape index (κ1) is 14.2. The summed E-state index contributed by atoms with van der Waals surface area (Å²) in [4.78, 5) is 7.42. The van der Waals surface area contributed by atoms with E-state index in [-0.39, 0.29) is 12.1 Å². The van der Waals surface area contributed by atoms with E-state index in [1.54, 1.807) is 18.2 Å². The van der Waals surface area contributed by atoms with Gasteiger partial charge in [-0.15, -0.1) is 0 Å². The van der Waals surface area contributed by atoms with Gasteiger partial charge < -0.3 is 4.74 Å². The minimum absolute atomic E-state index is 0.0121. The van der Waals surface area contributed by atoms with Crippen LogP contribution in [0, 0.1) is 0 Å². The summed E-state index contributed by atoms with van der Waals surface area (Å²) in [6, 6.07) is 7.22. The lowest BCUT2D eigenvalue weighted by molar-refractivity contribution is 0.159. The summed E-state index contributed by atoms with van der Waals surface area (Å²) >= 11 is 0. The molecule has 6 nitrogen and oxygen atoms in total. The molecule has 2 fully saturated rings. The molecule has 0 radical (unpaired) electrons. The molecule has 0 bridgehead atoms. The van der Waals surface area contributed by atoms with Crippen molar-refractivity contribution in [3.05, 3.63) is 29.8 Å². The highest BCUT2D eigenvalue weighted by Crippen LogP contribution is 2.25. The Morgan fingerprint density at radius 1 is 1.18 bits per heavy atom. The molecule has 0 spiro atoms. The molecule has 22 heavy (non-hydrogen) atoms. The Morgan fingerprint density at radius 2 is 1.95 bits per heavy atom. The van der Waals surface area contributed by atoms with E-state index in [0.29, 0.717) is 29.5 Å². The van der Waals surface area contributed by atoms with Crippen molar-refractivity contribution in [2.75, 3.05) is 26.3 Å². The molecular formula is C15H19N3O3S. The minimum atomic E-state index is -3.47. The Hall–Kier alpha value is -1.44. The Labute approximate surface area is 130 Å². The van der Waals surface area contributed by atoms with Crippen molar-refractivity contribution >= 4 is 15.9 Å². The Bertz CT molecular complexity index is 710. The molecule has 1 N–H and O–H groups in total. The van der Waals surface area contributed by atoms with E-state index in [9.17, 15) is 8.42 Å². The van der Waals surface area contributed by atoms with Crippen LogP contribution in [-0.4, -0.2) is 57.5 Å². The third-order valence-electron chi connectivity index (χ3n) is 4.59. The summed E-state index contributed by atoms with van der Waals surface area (Å²) in [6.07, 6.45) is 2.44. The lowest BCUT2D eigenvalue weighted by Gasteiger charge is -2.25. The summed E-state index contributed by atoms with van der Waals surface area (Å²) in [5, 5.41) is 0. The maximum Gasteiger partial charge on any atom is 0.263 e. The number of nitrogens with zero attached hydrogens (tertiary/aromatic N) is 2. The van der Waals surface area contributed by atoms with Crippen LogP contribution in [-0.2, 0) is 14.8 Å². The molecule has 3 aliphatic rings. The largest absolute Gasteiger partial charge is 0.377 e. The van der Waals surface area contributed by atoms with Gasteiger partial charge in [-0.05, 0) is 38.1 Å². The highest BCUT2D eigenvalue weighted by molar-refractivity contribution is 7.90. The van der Waals surface area contributed by atoms with E-state index in [1.807, 2.05) is 6.07 Å². The van der Waals surface area contributed by atoms with Gasteiger partial charge in [0.25, 0.3) is 10.0 Å². The van der Waals surface area contributed by atoms with E-state index < -0.39 is 10.0 Å². The molecule has 4 rings (SSSR count). The van der Waals surface area contributed by atoms with Crippen LogP contribution in [0.2, 0.25) is 0 Å². The fraction of sp³-hybridized carbons (Fsp3) is 0.533. The molecule has 0 aromatic heterocycles. The van der Waals surface area contributed by atoms with Crippen LogP contribution in [0.25, 0.3) is 0 Å². The van der Waals surface area contributed by atoms with Crippen LogP contribution in [0.4, 0.5) is 0 Å². The fourth-order valence-electron chi connectivity index (χ4n) is 3.47. The molecule has 0 amide bonds. The van der Waals surface area contributed by atoms with Gasteiger partial charge >= 0.3 is 0 Å². The molecule has 3 aliphatic heterocycles. The van der Waals surface area contributed by atoms with Crippen molar-refractivity contribution in [1.29, 1.82) is 0 Å². The number of fused-ring (bicyclic) bond motifs is 1. The SMILES string of the molecule is O=S1(=O)NC(=N[C@H]2COC[C@@H]2N2CCCC2)c2ccccc21. The number of aliphatic imine (C=N–C) groups is 1. The normalized spacial score (nSPS) is 32.3. The second-order valence-electron chi connectivity index (χ2n) is 5.99. The number of hydrogen-bond donors (Lipinski definition) is 1. The third-order valence-corrected chi connectivity index (χ3v) is 5.99. The van der Waals surface area contributed by atoms with Gasteiger partial charge in [0.15, 0.2) is 0 Å². The number of ether oxygens (including phenoxy) is 1. The van der Waals surface area contributed by atoms with E-state index in [2.05, 4.69) is 9.62 Å². The lowest BCUT2D eigenvalue weighted by Crippen LogP contribution is -2.41. The minimum Gasteiger partial charge on any atom is -0.377 e. The van der Waals surface area contributed by atoms with Gasteiger partial charge in [0.1, 0.15) is 5.84 Å². The predicted octanol–water partition coefficient (Wildman–Crippen LogP) is 0.588. The Balaban J connectivity index is 1.66. The van der Waals surface area contributed by atoms with Gasteiger partial charge in [-0.1, -0.05) is 12.1 Å². The van der Waals surface area contributed by atoms with Gasteiger partial charge in [-0.25, -0.2) is 8.42 Å². The maximum absolute atomic E-state index is 12.1.